The van der Waals surface area contributed by atoms with Crippen LogP contribution >= 0.6 is 0 Å². The largest absolute Gasteiger partial charge is 0.297 e. The van der Waals surface area contributed by atoms with Gasteiger partial charge in [-0.3, -0.25) is 4.99 Å². The SMILES string of the molecule is CN=C1CCC(C(C)C)CC1. The first-order valence-electron chi connectivity index (χ1n) is 4.68. The molecule has 1 nitrogen and oxygen atoms in total. The first-order chi connectivity index (χ1) is 5.24. The Morgan fingerprint density at radius 2 is 1.82 bits per heavy atom. The smallest absolute Gasteiger partial charge is 0.0276 e. The molecule has 0 saturated heterocycles. The van der Waals surface area contributed by atoms with Crippen molar-refractivity contribution in [3.63, 3.8) is 0 Å². The molecule has 0 spiro atoms. The Labute approximate surface area is 69.9 Å². The molecule has 1 fully saturated rings. The lowest BCUT2D eigenvalue weighted by atomic mass is 9.81. The molecule has 0 aliphatic heterocycles. The van der Waals surface area contributed by atoms with E-state index in [9.17, 15) is 0 Å². The van der Waals surface area contributed by atoms with E-state index in [1.807, 2.05) is 7.05 Å². The molecule has 0 aromatic rings. The van der Waals surface area contributed by atoms with E-state index in [0.29, 0.717) is 0 Å². The second-order valence-corrected chi connectivity index (χ2v) is 3.87. The van der Waals surface area contributed by atoms with Crippen molar-refractivity contribution in [2.24, 2.45) is 16.8 Å². The normalized spacial score (nSPS) is 25.8. The highest BCUT2D eigenvalue weighted by atomic mass is 14.7. The van der Waals surface area contributed by atoms with Gasteiger partial charge in [-0.15, -0.1) is 0 Å². The Bertz CT molecular complexity index is 137. The zero-order valence-corrected chi connectivity index (χ0v) is 7.93. The van der Waals surface area contributed by atoms with E-state index >= 15 is 0 Å². The van der Waals surface area contributed by atoms with Gasteiger partial charge in [0, 0.05) is 12.8 Å². The molecule has 1 saturated carbocycles. The molecule has 64 valence electrons. The fourth-order valence-corrected chi connectivity index (χ4v) is 1.86. The van der Waals surface area contributed by atoms with Crippen molar-refractivity contribution in [3.05, 3.63) is 0 Å². The van der Waals surface area contributed by atoms with Gasteiger partial charge in [0.2, 0.25) is 0 Å². The van der Waals surface area contributed by atoms with Crippen LogP contribution in [-0.4, -0.2) is 12.8 Å². The Kier molecular flexibility index (Phi) is 3.10. The highest BCUT2D eigenvalue weighted by molar-refractivity contribution is 5.84. The average molecular weight is 153 g/mol. The Morgan fingerprint density at radius 3 is 2.18 bits per heavy atom. The van der Waals surface area contributed by atoms with Crippen molar-refractivity contribution >= 4 is 5.71 Å². The first-order valence-corrected chi connectivity index (χ1v) is 4.68. The standard InChI is InChI=1S/C10H19N/c1-8(2)9-4-6-10(11-3)7-5-9/h8-9H,4-7H2,1-3H3. The maximum atomic E-state index is 4.26. The van der Waals surface area contributed by atoms with Crippen molar-refractivity contribution in [2.75, 3.05) is 7.05 Å². The van der Waals surface area contributed by atoms with E-state index < -0.39 is 0 Å². The fourth-order valence-electron chi connectivity index (χ4n) is 1.86. The highest BCUT2D eigenvalue weighted by Crippen LogP contribution is 2.28. The molecule has 1 aliphatic rings. The molecular weight excluding hydrogens is 134 g/mol. The first kappa shape index (κ1) is 8.76. The summed E-state index contributed by atoms with van der Waals surface area (Å²) in [5, 5.41) is 0. The van der Waals surface area contributed by atoms with Crippen LogP contribution in [0.4, 0.5) is 0 Å². The average Bonchev–Trinajstić information content (AvgIpc) is 2.05. The van der Waals surface area contributed by atoms with Crippen LogP contribution < -0.4 is 0 Å². The zero-order chi connectivity index (χ0) is 8.27. The molecule has 1 heteroatoms. The van der Waals surface area contributed by atoms with Gasteiger partial charge < -0.3 is 0 Å². The molecule has 0 unspecified atom stereocenters. The monoisotopic (exact) mass is 153 g/mol. The summed E-state index contributed by atoms with van der Waals surface area (Å²) < 4.78 is 0. The van der Waals surface area contributed by atoms with E-state index in [4.69, 9.17) is 0 Å². The van der Waals surface area contributed by atoms with Crippen LogP contribution in [-0.2, 0) is 0 Å². The summed E-state index contributed by atoms with van der Waals surface area (Å²) in [5.41, 5.74) is 1.43. The van der Waals surface area contributed by atoms with Crippen LogP contribution in [0, 0.1) is 11.8 Å². The topological polar surface area (TPSA) is 12.4 Å². The lowest BCUT2D eigenvalue weighted by Crippen LogP contribution is -2.18. The van der Waals surface area contributed by atoms with Gasteiger partial charge in [-0.1, -0.05) is 13.8 Å². The minimum atomic E-state index is 0.869. The van der Waals surface area contributed by atoms with Crippen LogP contribution in [0.3, 0.4) is 0 Å². The Hall–Kier alpha value is -0.330. The third-order valence-corrected chi connectivity index (χ3v) is 2.87. The third-order valence-electron chi connectivity index (χ3n) is 2.87. The fraction of sp³-hybridized carbons (Fsp3) is 0.900. The number of aliphatic imine (C=N–C) groups is 1. The van der Waals surface area contributed by atoms with Gasteiger partial charge in [0.05, 0.1) is 0 Å². The number of rotatable bonds is 1. The summed E-state index contributed by atoms with van der Waals surface area (Å²) in [6.07, 6.45) is 5.23. The molecule has 11 heavy (non-hydrogen) atoms. The third kappa shape index (κ3) is 2.32. The van der Waals surface area contributed by atoms with Crippen molar-refractivity contribution < 1.29 is 0 Å². The van der Waals surface area contributed by atoms with Crippen LogP contribution in [0.5, 0.6) is 0 Å². The lowest BCUT2D eigenvalue weighted by molar-refractivity contribution is 0.331. The Morgan fingerprint density at radius 1 is 1.27 bits per heavy atom. The number of hydrogen-bond acceptors (Lipinski definition) is 1. The molecule has 0 amide bonds. The van der Waals surface area contributed by atoms with Gasteiger partial charge in [-0.05, 0) is 37.5 Å². The van der Waals surface area contributed by atoms with Crippen molar-refractivity contribution in [2.45, 2.75) is 39.5 Å². The number of hydrogen-bond donors (Lipinski definition) is 0. The predicted molar refractivity (Wildman–Crippen MR) is 50.2 cm³/mol. The molecule has 0 heterocycles. The molecule has 0 atom stereocenters. The molecule has 0 N–H and O–H groups in total. The lowest BCUT2D eigenvalue weighted by Gasteiger charge is -2.25. The Balaban J connectivity index is 2.36. The van der Waals surface area contributed by atoms with Crippen LogP contribution in [0.2, 0.25) is 0 Å². The maximum absolute atomic E-state index is 4.26. The molecule has 0 aromatic heterocycles. The molecule has 1 rings (SSSR count). The van der Waals surface area contributed by atoms with Gasteiger partial charge in [-0.25, -0.2) is 0 Å². The van der Waals surface area contributed by atoms with Gasteiger partial charge in [0.25, 0.3) is 0 Å². The summed E-state index contributed by atoms with van der Waals surface area (Å²) in [6, 6.07) is 0. The van der Waals surface area contributed by atoms with Crippen LogP contribution in [0.1, 0.15) is 39.5 Å². The molecule has 0 aromatic carbocycles. The molecular formula is C10H19N. The van der Waals surface area contributed by atoms with Gasteiger partial charge >= 0.3 is 0 Å². The summed E-state index contributed by atoms with van der Waals surface area (Å²) in [6.45, 7) is 4.66. The van der Waals surface area contributed by atoms with Crippen LogP contribution in [0.25, 0.3) is 0 Å². The number of nitrogens with zero attached hydrogens (tertiary/aromatic N) is 1. The van der Waals surface area contributed by atoms with Crippen molar-refractivity contribution in [1.82, 2.24) is 0 Å². The van der Waals surface area contributed by atoms with E-state index in [2.05, 4.69) is 18.8 Å². The van der Waals surface area contributed by atoms with E-state index in [0.717, 1.165) is 11.8 Å². The minimum absolute atomic E-state index is 0.869. The second kappa shape index (κ2) is 3.89. The van der Waals surface area contributed by atoms with Gasteiger partial charge in [-0.2, -0.15) is 0 Å². The molecule has 0 bridgehead atoms. The summed E-state index contributed by atoms with van der Waals surface area (Å²) in [5.74, 6) is 1.83. The maximum Gasteiger partial charge on any atom is 0.0276 e. The summed E-state index contributed by atoms with van der Waals surface area (Å²) in [4.78, 5) is 4.26. The molecule has 0 radical (unpaired) electrons. The minimum Gasteiger partial charge on any atom is -0.297 e. The predicted octanol–water partition coefficient (Wildman–Crippen LogP) is 2.90. The summed E-state index contributed by atoms with van der Waals surface area (Å²) in [7, 11) is 1.92. The van der Waals surface area contributed by atoms with E-state index in [1.165, 1.54) is 31.4 Å². The highest BCUT2D eigenvalue weighted by Gasteiger charge is 2.19. The molecule has 1 aliphatic carbocycles. The van der Waals surface area contributed by atoms with E-state index in [1.54, 1.807) is 0 Å². The zero-order valence-electron chi connectivity index (χ0n) is 7.93. The van der Waals surface area contributed by atoms with Gasteiger partial charge in [0.1, 0.15) is 0 Å². The second-order valence-electron chi connectivity index (χ2n) is 3.87. The van der Waals surface area contributed by atoms with Crippen molar-refractivity contribution in [1.29, 1.82) is 0 Å². The van der Waals surface area contributed by atoms with Crippen LogP contribution in [0.15, 0.2) is 4.99 Å². The van der Waals surface area contributed by atoms with Gasteiger partial charge in [0.15, 0.2) is 0 Å². The summed E-state index contributed by atoms with van der Waals surface area (Å²) >= 11 is 0. The van der Waals surface area contributed by atoms with E-state index in [-0.39, 0.29) is 0 Å². The quantitative estimate of drug-likeness (QED) is 0.549. The van der Waals surface area contributed by atoms with Crippen molar-refractivity contribution in [3.8, 4) is 0 Å².